The first kappa shape index (κ1) is 16.7. The van der Waals surface area contributed by atoms with Gasteiger partial charge in [0, 0.05) is 22.8 Å². The summed E-state index contributed by atoms with van der Waals surface area (Å²) >= 11 is 1.81. The smallest absolute Gasteiger partial charge is 0.416 e. The topological polar surface area (TPSA) is 38.3 Å². The van der Waals surface area contributed by atoms with Crippen molar-refractivity contribution in [3.05, 3.63) is 59.7 Å². The van der Waals surface area contributed by atoms with Crippen molar-refractivity contribution < 1.29 is 22.7 Å². The first-order valence-corrected chi connectivity index (χ1v) is 8.40. The Labute approximate surface area is 141 Å². The second kappa shape index (κ2) is 6.76. The van der Waals surface area contributed by atoms with E-state index in [4.69, 9.17) is 4.74 Å². The van der Waals surface area contributed by atoms with Gasteiger partial charge in [-0.2, -0.15) is 24.9 Å². The predicted octanol–water partition coefficient (Wildman–Crippen LogP) is 4.45. The van der Waals surface area contributed by atoms with Crippen molar-refractivity contribution in [3.63, 3.8) is 0 Å². The average molecular weight is 353 g/mol. The Morgan fingerprint density at radius 1 is 1.12 bits per heavy atom. The van der Waals surface area contributed by atoms with Gasteiger partial charge >= 0.3 is 6.18 Å². The van der Waals surface area contributed by atoms with Gasteiger partial charge in [0.25, 0.3) is 5.91 Å². The highest BCUT2D eigenvalue weighted by atomic mass is 32.2. The van der Waals surface area contributed by atoms with Crippen LogP contribution < -0.4 is 10.1 Å². The molecule has 1 amide bonds. The van der Waals surface area contributed by atoms with Crippen LogP contribution in [0.4, 0.5) is 18.9 Å². The third-order valence-electron chi connectivity index (χ3n) is 3.47. The molecular weight excluding hydrogens is 339 g/mol. The highest BCUT2D eigenvalue weighted by molar-refractivity contribution is 8.00. The highest BCUT2D eigenvalue weighted by Gasteiger charge is 2.30. The summed E-state index contributed by atoms with van der Waals surface area (Å²) in [5.74, 6) is 2.12. The van der Waals surface area contributed by atoms with E-state index < -0.39 is 17.6 Å². The van der Waals surface area contributed by atoms with Gasteiger partial charge in [0.1, 0.15) is 11.9 Å². The molecule has 0 aromatic heterocycles. The van der Waals surface area contributed by atoms with E-state index in [0.29, 0.717) is 11.3 Å². The molecule has 0 radical (unpaired) electrons. The molecule has 1 aliphatic heterocycles. The second-order valence-electron chi connectivity index (χ2n) is 5.33. The molecule has 3 rings (SSSR count). The van der Waals surface area contributed by atoms with Crippen LogP contribution in [-0.4, -0.2) is 23.5 Å². The number of carbonyl (C=O) groups is 1. The van der Waals surface area contributed by atoms with E-state index in [-0.39, 0.29) is 11.8 Å². The quantitative estimate of drug-likeness (QED) is 0.882. The summed E-state index contributed by atoms with van der Waals surface area (Å²) in [6, 6.07) is 11.1. The third kappa shape index (κ3) is 4.03. The molecule has 2 aromatic rings. The van der Waals surface area contributed by atoms with Gasteiger partial charge in [-0.15, -0.1) is 0 Å². The molecule has 0 bridgehead atoms. The Kier molecular flexibility index (Phi) is 4.71. The molecule has 2 aromatic carbocycles. The molecule has 0 saturated carbocycles. The Bertz CT molecular complexity index is 727. The van der Waals surface area contributed by atoms with Gasteiger partial charge in [-0.05, 0) is 42.5 Å². The fraction of sp³-hybridized carbons (Fsp3) is 0.235. The van der Waals surface area contributed by atoms with Crippen LogP contribution in [0.5, 0.6) is 5.75 Å². The van der Waals surface area contributed by atoms with E-state index in [1.807, 2.05) is 11.8 Å². The lowest BCUT2D eigenvalue weighted by atomic mass is 10.1. The number of carbonyl (C=O) groups excluding carboxylic acids is 1. The predicted molar refractivity (Wildman–Crippen MR) is 87.6 cm³/mol. The van der Waals surface area contributed by atoms with Crippen LogP contribution in [0.25, 0.3) is 0 Å². The van der Waals surface area contributed by atoms with Crippen molar-refractivity contribution >= 4 is 23.4 Å². The zero-order valence-electron chi connectivity index (χ0n) is 12.5. The van der Waals surface area contributed by atoms with Crippen molar-refractivity contribution in [2.24, 2.45) is 0 Å². The SMILES string of the molecule is O=C(Nc1cccc(C(F)(F)F)c1)c1ccc(OC2CSC2)cc1. The average Bonchev–Trinajstić information content (AvgIpc) is 2.51. The summed E-state index contributed by atoms with van der Waals surface area (Å²) in [5, 5.41) is 2.47. The van der Waals surface area contributed by atoms with Gasteiger partial charge in [-0.25, -0.2) is 0 Å². The normalized spacial score (nSPS) is 14.8. The number of halogens is 3. The second-order valence-corrected chi connectivity index (χ2v) is 6.41. The van der Waals surface area contributed by atoms with Crippen molar-refractivity contribution in [1.82, 2.24) is 0 Å². The van der Waals surface area contributed by atoms with E-state index in [1.54, 1.807) is 24.3 Å². The third-order valence-corrected chi connectivity index (χ3v) is 4.69. The number of nitrogens with one attached hydrogen (secondary N) is 1. The molecule has 3 nitrogen and oxygen atoms in total. The van der Waals surface area contributed by atoms with E-state index in [0.717, 1.165) is 23.6 Å². The minimum Gasteiger partial charge on any atom is -0.489 e. The molecule has 24 heavy (non-hydrogen) atoms. The van der Waals surface area contributed by atoms with Crippen molar-refractivity contribution in [2.75, 3.05) is 16.8 Å². The Morgan fingerprint density at radius 3 is 2.42 bits per heavy atom. The number of thioether (sulfide) groups is 1. The number of benzene rings is 2. The van der Waals surface area contributed by atoms with Crippen LogP contribution in [0, 0.1) is 0 Å². The summed E-state index contributed by atoms with van der Waals surface area (Å²) in [6.07, 6.45) is -4.24. The van der Waals surface area contributed by atoms with E-state index in [9.17, 15) is 18.0 Å². The molecular formula is C17H14F3NO2S. The molecule has 1 heterocycles. The van der Waals surface area contributed by atoms with Crippen molar-refractivity contribution in [1.29, 1.82) is 0 Å². The largest absolute Gasteiger partial charge is 0.489 e. The lowest BCUT2D eigenvalue weighted by Crippen LogP contribution is -2.31. The molecule has 1 aliphatic rings. The molecule has 126 valence electrons. The van der Waals surface area contributed by atoms with E-state index in [2.05, 4.69) is 5.32 Å². The number of alkyl halides is 3. The van der Waals surface area contributed by atoms with Crippen LogP contribution in [0.2, 0.25) is 0 Å². The molecule has 0 atom stereocenters. The summed E-state index contributed by atoms with van der Waals surface area (Å²) in [7, 11) is 0. The maximum atomic E-state index is 12.7. The van der Waals surface area contributed by atoms with Gasteiger partial charge < -0.3 is 10.1 Å². The molecule has 7 heteroatoms. The van der Waals surface area contributed by atoms with Crippen LogP contribution in [0.3, 0.4) is 0 Å². The highest BCUT2D eigenvalue weighted by Crippen LogP contribution is 2.30. The summed E-state index contributed by atoms with van der Waals surface area (Å²) in [5.41, 5.74) is -0.355. The van der Waals surface area contributed by atoms with Crippen LogP contribution in [0.1, 0.15) is 15.9 Å². The molecule has 1 fully saturated rings. The molecule has 0 aliphatic carbocycles. The van der Waals surface area contributed by atoms with Gasteiger partial charge in [0.2, 0.25) is 0 Å². The number of anilines is 1. The van der Waals surface area contributed by atoms with E-state index >= 15 is 0 Å². The summed E-state index contributed by atoms with van der Waals surface area (Å²) in [4.78, 5) is 12.1. The number of hydrogen-bond acceptors (Lipinski definition) is 3. The maximum Gasteiger partial charge on any atom is 0.416 e. The molecule has 0 unspecified atom stereocenters. The lowest BCUT2D eigenvalue weighted by molar-refractivity contribution is -0.137. The Balaban J connectivity index is 1.66. The molecule has 1 saturated heterocycles. The fourth-order valence-electron chi connectivity index (χ4n) is 2.14. The minimum atomic E-state index is -4.44. The fourth-order valence-corrected chi connectivity index (χ4v) is 2.70. The minimum absolute atomic E-state index is 0.0987. The van der Waals surface area contributed by atoms with Crippen molar-refractivity contribution in [3.8, 4) is 5.75 Å². The first-order valence-electron chi connectivity index (χ1n) is 7.25. The maximum absolute atomic E-state index is 12.7. The lowest BCUT2D eigenvalue weighted by Gasteiger charge is -2.25. The van der Waals surface area contributed by atoms with Crippen LogP contribution in [-0.2, 0) is 6.18 Å². The van der Waals surface area contributed by atoms with Crippen LogP contribution in [0.15, 0.2) is 48.5 Å². The zero-order valence-corrected chi connectivity index (χ0v) is 13.3. The number of rotatable bonds is 4. The summed E-state index contributed by atoms with van der Waals surface area (Å²) < 4.78 is 43.7. The van der Waals surface area contributed by atoms with Crippen molar-refractivity contribution in [2.45, 2.75) is 12.3 Å². The molecule has 0 spiro atoms. The van der Waals surface area contributed by atoms with Crippen LogP contribution >= 0.6 is 11.8 Å². The van der Waals surface area contributed by atoms with E-state index in [1.165, 1.54) is 12.1 Å². The first-order chi connectivity index (χ1) is 11.4. The monoisotopic (exact) mass is 353 g/mol. The number of amides is 1. The van der Waals surface area contributed by atoms with Gasteiger partial charge in [0.05, 0.1) is 5.56 Å². The Hall–Kier alpha value is -2.15. The standard InChI is InChI=1S/C17H14F3NO2S/c18-17(19,20)12-2-1-3-13(8-12)21-16(22)11-4-6-14(7-5-11)23-15-9-24-10-15/h1-8,15H,9-10H2,(H,21,22). The zero-order chi connectivity index (χ0) is 17.2. The van der Waals surface area contributed by atoms with Gasteiger partial charge in [0.15, 0.2) is 0 Å². The van der Waals surface area contributed by atoms with Gasteiger partial charge in [-0.1, -0.05) is 6.07 Å². The Morgan fingerprint density at radius 2 is 1.83 bits per heavy atom. The molecule has 1 N–H and O–H groups in total. The summed E-state index contributed by atoms with van der Waals surface area (Å²) in [6.45, 7) is 0. The number of ether oxygens (including phenoxy) is 1. The number of hydrogen-bond donors (Lipinski definition) is 1. The van der Waals surface area contributed by atoms with Gasteiger partial charge in [-0.3, -0.25) is 4.79 Å².